The number of fused-ring (bicyclic) bond motifs is 2. The first-order valence-electron chi connectivity index (χ1n) is 10.5. The predicted octanol–water partition coefficient (Wildman–Crippen LogP) is 4.69. The molecule has 1 aliphatic heterocycles. The van der Waals surface area contributed by atoms with E-state index in [-0.39, 0.29) is 28.8 Å². The molecule has 0 radical (unpaired) electrons. The maximum absolute atomic E-state index is 11.6. The van der Waals surface area contributed by atoms with Gasteiger partial charge in [-0.05, 0) is 60.5 Å². The second-order valence-electron chi connectivity index (χ2n) is 9.74. The van der Waals surface area contributed by atoms with E-state index in [0.29, 0.717) is 24.7 Å². The Balaban J connectivity index is 1.53. The van der Waals surface area contributed by atoms with Crippen LogP contribution in [0.3, 0.4) is 0 Å². The molecule has 0 aromatic heterocycles. The first-order valence-corrected chi connectivity index (χ1v) is 10.5. The first kappa shape index (κ1) is 19.5. The van der Waals surface area contributed by atoms with Gasteiger partial charge in [-0.1, -0.05) is 39.0 Å². The number of ether oxygens (including phenoxy) is 2. The van der Waals surface area contributed by atoms with Crippen LogP contribution in [0.1, 0.15) is 58.4 Å². The summed E-state index contributed by atoms with van der Waals surface area (Å²) in [4.78, 5) is 11.6. The van der Waals surface area contributed by atoms with E-state index in [4.69, 9.17) is 9.47 Å². The summed E-state index contributed by atoms with van der Waals surface area (Å²) in [5, 5.41) is 10.6. The summed E-state index contributed by atoms with van der Waals surface area (Å²) in [7, 11) is 0. The molecule has 3 aliphatic rings. The molecule has 2 saturated carbocycles. The molecule has 4 atom stereocenters. The van der Waals surface area contributed by atoms with Gasteiger partial charge >= 0.3 is 5.97 Å². The van der Waals surface area contributed by atoms with Gasteiger partial charge in [-0.3, -0.25) is 4.79 Å². The monoisotopic (exact) mass is 384 g/mol. The second kappa shape index (κ2) is 6.91. The van der Waals surface area contributed by atoms with Gasteiger partial charge in [-0.15, -0.1) is 0 Å². The van der Waals surface area contributed by atoms with Gasteiger partial charge in [0.05, 0.1) is 19.1 Å². The number of benzene rings is 1. The zero-order valence-corrected chi connectivity index (χ0v) is 17.3. The number of aliphatic hydroxyl groups excluding tert-OH is 1. The number of aryl methyl sites for hydroxylation is 1. The molecule has 0 saturated heterocycles. The SMILES string of the molecule is C=C1CCC2C(C)(C)[C@H](O)CC[C@@]2(C)[C@@H]1COc1ccc2c(c1)OC(=O)CC2. The molecule has 4 rings (SSSR count). The van der Waals surface area contributed by atoms with Crippen molar-refractivity contribution in [2.75, 3.05) is 6.61 Å². The Morgan fingerprint density at radius 2 is 2.00 bits per heavy atom. The van der Waals surface area contributed by atoms with Crippen LogP contribution in [0.15, 0.2) is 30.4 Å². The zero-order chi connectivity index (χ0) is 20.1. The average Bonchev–Trinajstić information content (AvgIpc) is 2.64. The first-order chi connectivity index (χ1) is 13.2. The summed E-state index contributed by atoms with van der Waals surface area (Å²) < 4.78 is 11.6. The van der Waals surface area contributed by atoms with E-state index in [1.54, 1.807) is 0 Å². The lowest BCUT2D eigenvalue weighted by Crippen LogP contribution is -2.55. The van der Waals surface area contributed by atoms with Gasteiger partial charge < -0.3 is 14.6 Å². The topological polar surface area (TPSA) is 55.8 Å². The lowest BCUT2D eigenvalue weighted by atomic mass is 9.47. The number of rotatable bonds is 3. The summed E-state index contributed by atoms with van der Waals surface area (Å²) in [6.07, 6.45) is 4.84. The number of hydrogen-bond acceptors (Lipinski definition) is 4. The summed E-state index contributed by atoms with van der Waals surface area (Å²) in [6.45, 7) is 11.7. The Morgan fingerprint density at radius 1 is 1.21 bits per heavy atom. The molecule has 1 unspecified atom stereocenters. The molecule has 0 bridgehead atoms. The van der Waals surface area contributed by atoms with Crippen molar-refractivity contribution >= 4 is 5.97 Å². The predicted molar refractivity (Wildman–Crippen MR) is 108 cm³/mol. The smallest absolute Gasteiger partial charge is 0.311 e. The Labute approximate surface area is 167 Å². The summed E-state index contributed by atoms with van der Waals surface area (Å²) in [6, 6.07) is 5.81. The normalized spacial score (nSPS) is 34.2. The van der Waals surface area contributed by atoms with Crippen molar-refractivity contribution in [2.45, 2.75) is 65.4 Å². The highest BCUT2D eigenvalue weighted by Crippen LogP contribution is 2.60. The van der Waals surface area contributed by atoms with Crippen LogP contribution in [0.4, 0.5) is 0 Å². The molecule has 2 aliphatic carbocycles. The van der Waals surface area contributed by atoms with E-state index in [2.05, 4.69) is 27.4 Å². The van der Waals surface area contributed by atoms with Crippen LogP contribution in [-0.2, 0) is 11.2 Å². The molecule has 1 N–H and O–H groups in total. The highest BCUT2D eigenvalue weighted by molar-refractivity contribution is 5.75. The van der Waals surface area contributed by atoms with Crippen LogP contribution in [-0.4, -0.2) is 23.8 Å². The fraction of sp³-hybridized carbons (Fsp3) is 0.625. The van der Waals surface area contributed by atoms with Gasteiger partial charge in [0.1, 0.15) is 11.5 Å². The zero-order valence-electron chi connectivity index (χ0n) is 17.3. The molecule has 4 heteroatoms. The van der Waals surface area contributed by atoms with Crippen molar-refractivity contribution in [3.63, 3.8) is 0 Å². The average molecular weight is 385 g/mol. The van der Waals surface area contributed by atoms with Crippen molar-refractivity contribution in [2.24, 2.45) is 22.7 Å². The molecular formula is C24H32O4. The van der Waals surface area contributed by atoms with Crippen LogP contribution in [0.25, 0.3) is 0 Å². The van der Waals surface area contributed by atoms with E-state index >= 15 is 0 Å². The third kappa shape index (κ3) is 3.16. The molecule has 4 nitrogen and oxygen atoms in total. The summed E-state index contributed by atoms with van der Waals surface area (Å²) in [5.74, 6) is 1.90. The van der Waals surface area contributed by atoms with E-state index in [9.17, 15) is 9.90 Å². The third-order valence-electron chi connectivity index (χ3n) is 7.83. The van der Waals surface area contributed by atoms with Gasteiger partial charge in [0.15, 0.2) is 0 Å². The fourth-order valence-corrected chi connectivity index (χ4v) is 5.99. The summed E-state index contributed by atoms with van der Waals surface area (Å²) in [5.41, 5.74) is 2.31. The maximum Gasteiger partial charge on any atom is 0.311 e. The second-order valence-corrected chi connectivity index (χ2v) is 9.74. The number of carbonyl (C=O) groups is 1. The molecule has 152 valence electrons. The number of aliphatic hydroxyl groups is 1. The minimum atomic E-state index is -0.242. The quantitative estimate of drug-likeness (QED) is 0.467. The highest BCUT2D eigenvalue weighted by atomic mass is 16.5. The van der Waals surface area contributed by atoms with Gasteiger partial charge in [0.2, 0.25) is 0 Å². The fourth-order valence-electron chi connectivity index (χ4n) is 5.99. The Morgan fingerprint density at radius 3 is 2.79 bits per heavy atom. The van der Waals surface area contributed by atoms with Crippen molar-refractivity contribution in [1.29, 1.82) is 0 Å². The lowest BCUT2D eigenvalue weighted by molar-refractivity contribution is -0.135. The highest BCUT2D eigenvalue weighted by Gasteiger charge is 2.56. The molecular weight excluding hydrogens is 352 g/mol. The van der Waals surface area contributed by atoms with E-state index in [1.165, 1.54) is 5.57 Å². The number of hydrogen-bond donors (Lipinski definition) is 1. The van der Waals surface area contributed by atoms with E-state index in [0.717, 1.165) is 43.4 Å². The molecule has 1 aromatic carbocycles. The Bertz CT molecular complexity index is 796. The van der Waals surface area contributed by atoms with Crippen LogP contribution < -0.4 is 9.47 Å². The van der Waals surface area contributed by atoms with Gasteiger partial charge in [0.25, 0.3) is 0 Å². The largest absolute Gasteiger partial charge is 0.493 e. The van der Waals surface area contributed by atoms with Crippen molar-refractivity contribution in [3.8, 4) is 11.5 Å². The molecule has 28 heavy (non-hydrogen) atoms. The lowest BCUT2D eigenvalue weighted by Gasteiger charge is -2.59. The molecule has 0 amide bonds. The van der Waals surface area contributed by atoms with Crippen molar-refractivity contribution in [3.05, 3.63) is 35.9 Å². The number of esters is 1. The number of carbonyl (C=O) groups excluding carboxylic acids is 1. The van der Waals surface area contributed by atoms with Gasteiger partial charge in [-0.2, -0.15) is 0 Å². The van der Waals surface area contributed by atoms with Crippen LogP contribution >= 0.6 is 0 Å². The molecule has 0 spiro atoms. The van der Waals surface area contributed by atoms with Crippen molar-refractivity contribution < 1.29 is 19.4 Å². The van der Waals surface area contributed by atoms with Crippen LogP contribution in [0.5, 0.6) is 11.5 Å². The minimum absolute atomic E-state index is 0.0821. The third-order valence-corrected chi connectivity index (χ3v) is 7.83. The Kier molecular flexibility index (Phi) is 4.81. The van der Waals surface area contributed by atoms with E-state index in [1.807, 2.05) is 18.2 Å². The van der Waals surface area contributed by atoms with E-state index < -0.39 is 0 Å². The molecule has 2 fully saturated rings. The van der Waals surface area contributed by atoms with Crippen LogP contribution in [0.2, 0.25) is 0 Å². The maximum atomic E-state index is 11.6. The summed E-state index contributed by atoms with van der Waals surface area (Å²) >= 11 is 0. The van der Waals surface area contributed by atoms with Crippen molar-refractivity contribution in [1.82, 2.24) is 0 Å². The Hall–Kier alpha value is -1.81. The molecule has 1 heterocycles. The standard InChI is InChI=1S/C24H32O4/c1-15-5-9-20-23(2,3)21(25)11-12-24(20,4)18(15)14-27-17-8-6-16-7-10-22(26)28-19(16)13-17/h6,8,13,18,20-21,25H,1,5,7,9-12,14H2,2-4H3/t18-,20?,21-,24+/m1/s1. The van der Waals surface area contributed by atoms with Gasteiger partial charge in [-0.25, -0.2) is 0 Å². The minimum Gasteiger partial charge on any atom is -0.493 e. The van der Waals surface area contributed by atoms with Gasteiger partial charge in [0, 0.05) is 12.0 Å². The van der Waals surface area contributed by atoms with Crippen LogP contribution in [0, 0.1) is 22.7 Å². The molecule has 1 aromatic rings.